The predicted octanol–water partition coefficient (Wildman–Crippen LogP) is 4.57. The Kier molecular flexibility index (Phi) is 5.75. The van der Waals surface area contributed by atoms with Gasteiger partial charge < -0.3 is 4.74 Å². The van der Waals surface area contributed by atoms with Crippen molar-refractivity contribution >= 4 is 11.3 Å². The first-order valence-corrected chi connectivity index (χ1v) is 10.1. The van der Waals surface area contributed by atoms with Crippen LogP contribution in [-0.4, -0.2) is 35.7 Å². The van der Waals surface area contributed by atoms with E-state index in [-0.39, 0.29) is 6.10 Å². The van der Waals surface area contributed by atoms with Crippen molar-refractivity contribution < 1.29 is 4.74 Å². The van der Waals surface area contributed by atoms with Gasteiger partial charge in [-0.3, -0.25) is 4.90 Å². The Labute approximate surface area is 159 Å². The van der Waals surface area contributed by atoms with Gasteiger partial charge in [0.1, 0.15) is 5.01 Å². The maximum atomic E-state index is 6.14. The van der Waals surface area contributed by atoms with Crippen molar-refractivity contribution in [2.75, 3.05) is 19.7 Å². The zero-order chi connectivity index (χ0) is 17.6. The molecule has 1 aliphatic heterocycles. The summed E-state index contributed by atoms with van der Waals surface area (Å²) < 4.78 is 6.14. The first kappa shape index (κ1) is 17.4. The lowest BCUT2D eigenvalue weighted by atomic mass is 9.86. The second-order valence-electron chi connectivity index (χ2n) is 6.76. The number of hydrogen-bond acceptors (Lipinski definition) is 4. The van der Waals surface area contributed by atoms with Crippen LogP contribution in [0.15, 0.2) is 72.2 Å². The summed E-state index contributed by atoms with van der Waals surface area (Å²) in [6.07, 6.45) is 3.13. The highest BCUT2D eigenvalue weighted by Crippen LogP contribution is 2.31. The van der Waals surface area contributed by atoms with E-state index in [1.165, 1.54) is 16.1 Å². The minimum absolute atomic E-state index is 0.245. The quantitative estimate of drug-likeness (QED) is 0.641. The first-order valence-electron chi connectivity index (χ1n) is 9.21. The highest BCUT2D eigenvalue weighted by Gasteiger charge is 2.25. The summed E-state index contributed by atoms with van der Waals surface area (Å²) in [7, 11) is 0. The summed E-state index contributed by atoms with van der Waals surface area (Å²) in [6.45, 7) is 3.68. The lowest BCUT2D eigenvalue weighted by molar-refractivity contribution is -0.0364. The van der Waals surface area contributed by atoms with Crippen molar-refractivity contribution in [2.45, 2.75) is 25.0 Å². The fourth-order valence-electron chi connectivity index (χ4n) is 3.69. The minimum atomic E-state index is 0.245. The van der Waals surface area contributed by atoms with Gasteiger partial charge in [0.15, 0.2) is 0 Å². The average Bonchev–Trinajstić information content (AvgIpc) is 3.21. The van der Waals surface area contributed by atoms with Crippen molar-refractivity contribution in [3.8, 4) is 0 Å². The maximum absolute atomic E-state index is 6.14. The summed E-state index contributed by atoms with van der Waals surface area (Å²) >= 11 is 1.73. The van der Waals surface area contributed by atoms with E-state index in [0.29, 0.717) is 5.92 Å². The third-order valence-corrected chi connectivity index (χ3v) is 5.73. The van der Waals surface area contributed by atoms with Crippen LogP contribution in [0.3, 0.4) is 0 Å². The van der Waals surface area contributed by atoms with Gasteiger partial charge in [-0.25, -0.2) is 4.98 Å². The molecule has 0 amide bonds. The Hall–Kier alpha value is -2.01. The van der Waals surface area contributed by atoms with Crippen LogP contribution in [0.25, 0.3) is 0 Å². The van der Waals surface area contributed by atoms with Crippen molar-refractivity contribution in [3.63, 3.8) is 0 Å². The van der Waals surface area contributed by atoms with Crippen LogP contribution in [0.5, 0.6) is 0 Å². The third kappa shape index (κ3) is 4.39. The number of benzene rings is 2. The zero-order valence-electron chi connectivity index (χ0n) is 14.8. The normalized spacial score (nSPS) is 18.3. The van der Waals surface area contributed by atoms with Gasteiger partial charge in [0.2, 0.25) is 0 Å². The summed E-state index contributed by atoms with van der Waals surface area (Å²) in [6, 6.07) is 21.6. The smallest absolute Gasteiger partial charge is 0.107 e. The molecule has 1 aromatic heterocycles. The summed E-state index contributed by atoms with van der Waals surface area (Å²) in [5.74, 6) is 0.363. The molecule has 134 valence electrons. The van der Waals surface area contributed by atoms with Crippen LogP contribution in [0.2, 0.25) is 0 Å². The molecule has 0 unspecified atom stereocenters. The SMILES string of the molecule is c1ccc(C(C[C@@H]2CN(Cc3nccs3)CCO2)c2ccccc2)cc1. The van der Waals surface area contributed by atoms with E-state index in [9.17, 15) is 0 Å². The van der Waals surface area contributed by atoms with Gasteiger partial charge in [-0.2, -0.15) is 0 Å². The molecule has 0 aliphatic carbocycles. The summed E-state index contributed by atoms with van der Waals surface area (Å²) in [5.41, 5.74) is 2.72. The Balaban J connectivity index is 1.48. The maximum Gasteiger partial charge on any atom is 0.107 e. The van der Waals surface area contributed by atoms with Gasteiger partial charge in [-0.15, -0.1) is 11.3 Å². The lowest BCUT2D eigenvalue weighted by Crippen LogP contribution is -2.42. The number of ether oxygens (including phenoxy) is 1. The van der Waals surface area contributed by atoms with Crippen LogP contribution < -0.4 is 0 Å². The number of morpholine rings is 1. The molecule has 3 aromatic rings. The lowest BCUT2D eigenvalue weighted by Gasteiger charge is -2.34. The van der Waals surface area contributed by atoms with E-state index in [4.69, 9.17) is 4.74 Å². The topological polar surface area (TPSA) is 25.4 Å². The molecule has 1 atom stereocenters. The monoisotopic (exact) mass is 364 g/mol. The first-order chi connectivity index (χ1) is 12.9. The number of rotatable bonds is 6. The van der Waals surface area contributed by atoms with Crippen molar-refractivity contribution in [3.05, 3.63) is 88.4 Å². The molecule has 4 rings (SSSR count). The van der Waals surface area contributed by atoms with Crippen molar-refractivity contribution in [2.24, 2.45) is 0 Å². The minimum Gasteiger partial charge on any atom is -0.376 e. The van der Waals surface area contributed by atoms with Crippen LogP contribution in [0.1, 0.15) is 28.5 Å². The van der Waals surface area contributed by atoms with Gasteiger partial charge in [0.05, 0.1) is 19.3 Å². The highest BCUT2D eigenvalue weighted by molar-refractivity contribution is 7.09. The molecule has 4 heteroatoms. The molecule has 1 fully saturated rings. The molecule has 2 aromatic carbocycles. The molecular weight excluding hydrogens is 340 g/mol. The van der Waals surface area contributed by atoms with E-state index >= 15 is 0 Å². The van der Waals surface area contributed by atoms with Gasteiger partial charge in [0, 0.05) is 30.6 Å². The van der Waals surface area contributed by atoms with Crippen LogP contribution in [0.4, 0.5) is 0 Å². The fraction of sp³-hybridized carbons (Fsp3) is 0.318. The second-order valence-corrected chi connectivity index (χ2v) is 7.74. The Morgan fingerprint density at radius 3 is 2.35 bits per heavy atom. The third-order valence-electron chi connectivity index (χ3n) is 4.97. The molecule has 0 N–H and O–H groups in total. The predicted molar refractivity (Wildman–Crippen MR) is 106 cm³/mol. The molecular formula is C22H24N2OS. The van der Waals surface area contributed by atoms with Gasteiger partial charge in [0.25, 0.3) is 0 Å². The number of nitrogens with zero attached hydrogens (tertiary/aromatic N) is 2. The molecule has 0 saturated carbocycles. The van der Waals surface area contributed by atoms with E-state index in [1.807, 2.05) is 11.6 Å². The molecule has 2 heterocycles. The largest absolute Gasteiger partial charge is 0.376 e. The number of aromatic nitrogens is 1. The van der Waals surface area contributed by atoms with E-state index < -0.39 is 0 Å². The Morgan fingerprint density at radius 1 is 1.04 bits per heavy atom. The van der Waals surface area contributed by atoms with Crippen molar-refractivity contribution in [1.29, 1.82) is 0 Å². The van der Waals surface area contributed by atoms with Gasteiger partial charge in [-0.1, -0.05) is 60.7 Å². The van der Waals surface area contributed by atoms with E-state index in [2.05, 4.69) is 70.5 Å². The fourth-order valence-corrected chi connectivity index (χ4v) is 4.34. The summed E-state index contributed by atoms with van der Waals surface area (Å²) in [4.78, 5) is 6.90. The van der Waals surface area contributed by atoms with Gasteiger partial charge in [-0.05, 0) is 17.5 Å². The molecule has 0 spiro atoms. The highest BCUT2D eigenvalue weighted by atomic mass is 32.1. The number of hydrogen-bond donors (Lipinski definition) is 0. The standard InChI is InChI=1S/C22H24N2OS/c1-3-7-18(8-4-1)21(19-9-5-2-6-10-19)15-20-16-24(12-13-25-20)17-22-23-11-14-26-22/h1-11,14,20-21H,12-13,15-17H2/t20-/m1/s1. The van der Waals surface area contributed by atoms with Crippen LogP contribution in [-0.2, 0) is 11.3 Å². The molecule has 3 nitrogen and oxygen atoms in total. The Bertz CT molecular complexity index is 737. The van der Waals surface area contributed by atoms with Gasteiger partial charge >= 0.3 is 0 Å². The zero-order valence-corrected chi connectivity index (χ0v) is 15.6. The molecule has 0 bridgehead atoms. The average molecular weight is 365 g/mol. The van der Waals surface area contributed by atoms with Crippen molar-refractivity contribution in [1.82, 2.24) is 9.88 Å². The van der Waals surface area contributed by atoms with Crippen LogP contribution in [0, 0.1) is 0 Å². The molecule has 0 radical (unpaired) electrons. The van der Waals surface area contributed by atoms with Crippen LogP contribution >= 0.6 is 11.3 Å². The Morgan fingerprint density at radius 2 is 1.73 bits per heavy atom. The second kappa shape index (κ2) is 8.58. The molecule has 26 heavy (non-hydrogen) atoms. The molecule has 1 aliphatic rings. The van der Waals surface area contributed by atoms with E-state index in [1.54, 1.807) is 11.3 Å². The molecule has 1 saturated heterocycles. The van der Waals surface area contributed by atoms with E-state index in [0.717, 1.165) is 32.7 Å². The summed E-state index contributed by atoms with van der Waals surface area (Å²) in [5, 5.41) is 3.24. The number of thiazole rings is 1.